The molecule has 0 bridgehead atoms. The highest BCUT2D eigenvalue weighted by molar-refractivity contribution is 6.02. The maximum Gasteiger partial charge on any atom is 0.319 e. The van der Waals surface area contributed by atoms with Crippen molar-refractivity contribution in [2.75, 3.05) is 10.6 Å². The lowest BCUT2D eigenvalue weighted by molar-refractivity contribution is 0.0996. The lowest BCUT2D eigenvalue weighted by Gasteiger charge is -2.31. The molecule has 154 valence electrons. The van der Waals surface area contributed by atoms with E-state index in [-0.39, 0.29) is 23.5 Å². The average molecular weight is 407 g/mol. The molecule has 0 spiro atoms. The fourth-order valence-electron chi connectivity index (χ4n) is 3.85. The van der Waals surface area contributed by atoms with E-state index in [0.717, 1.165) is 31.2 Å². The van der Waals surface area contributed by atoms with Crippen LogP contribution in [0.2, 0.25) is 0 Å². The van der Waals surface area contributed by atoms with Gasteiger partial charge in [0.25, 0.3) is 5.91 Å². The van der Waals surface area contributed by atoms with Crippen LogP contribution < -0.4 is 16.0 Å². The summed E-state index contributed by atoms with van der Waals surface area (Å²) >= 11 is 0. The zero-order valence-electron chi connectivity index (χ0n) is 16.3. The highest BCUT2D eigenvalue weighted by atomic mass is 19.1. The summed E-state index contributed by atoms with van der Waals surface area (Å²) in [4.78, 5) is 24.7. The monoisotopic (exact) mass is 407 g/mol. The molecule has 1 aromatic heterocycles. The number of rotatable bonds is 5. The van der Waals surface area contributed by atoms with E-state index in [0.29, 0.717) is 11.4 Å². The van der Waals surface area contributed by atoms with Crippen molar-refractivity contribution in [2.45, 2.75) is 31.2 Å². The van der Waals surface area contributed by atoms with Gasteiger partial charge < -0.3 is 20.4 Å². The van der Waals surface area contributed by atoms with Crippen LogP contribution >= 0.6 is 0 Å². The fourth-order valence-corrected chi connectivity index (χ4v) is 3.85. The number of hydrogen-bond acceptors (Lipinski definition) is 3. The Morgan fingerprint density at radius 3 is 2.10 bits per heavy atom. The quantitative estimate of drug-likeness (QED) is 0.539. The van der Waals surface area contributed by atoms with Crippen molar-refractivity contribution in [2.24, 2.45) is 0 Å². The van der Waals surface area contributed by atoms with E-state index in [1.807, 2.05) is 0 Å². The van der Waals surface area contributed by atoms with E-state index < -0.39 is 5.54 Å². The molecule has 0 aliphatic heterocycles. The molecule has 1 saturated carbocycles. The summed E-state index contributed by atoms with van der Waals surface area (Å²) in [5.74, 6) is -0.421. The number of benzene rings is 2. The first-order valence-corrected chi connectivity index (χ1v) is 9.84. The second-order valence-electron chi connectivity index (χ2n) is 7.38. The van der Waals surface area contributed by atoms with Gasteiger partial charge in [-0.3, -0.25) is 4.79 Å². The number of furan rings is 1. The van der Waals surface area contributed by atoms with E-state index in [2.05, 4.69) is 16.0 Å². The maximum absolute atomic E-state index is 13.3. The van der Waals surface area contributed by atoms with Gasteiger partial charge in [0, 0.05) is 11.4 Å². The zero-order chi connectivity index (χ0) is 21.0. The minimum absolute atomic E-state index is 0.222. The molecule has 0 unspecified atom stereocenters. The number of hydrogen-bond donors (Lipinski definition) is 3. The minimum Gasteiger partial charge on any atom is -0.459 e. The van der Waals surface area contributed by atoms with Crippen molar-refractivity contribution in [3.05, 3.63) is 84.1 Å². The fraction of sp³-hybridized carbons (Fsp3) is 0.217. The van der Waals surface area contributed by atoms with Gasteiger partial charge in [0.15, 0.2) is 5.76 Å². The summed E-state index contributed by atoms with van der Waals surface area (Å²) < 4.78 is 18.4. The summed E-state index contributed by atoms with van der Waals surface area (Å²) in [7, 11) is 0. The lowest BCUT2D eigenvalue weighted by atomic mass is 9.88. The maximum atomic E-state index is 13.3. The Bertz CT molecular complexity index is 1010. The van der Waals surface area contributed by atoms with Crippen molar-refractivity contribution < 1.29 is 18.4 Å². The van der Waals surface area contributed by atoms with Crippen LogP contribution in [0.4, 0.5) is 20.6 Å². The van der Waals surface area contributed by atoms with Crippen LogP contribution in [0.3, 0.4) is 0 Å². The molecule has 3 N–H and O–H groups in total. The molecule has 1 heterocycles. The van der Waals surface area contributed by atoms with E-state index in [4.69, 9.17) is 4.42 Å². The number of anilines is 2. The van der Waals surface area contributed by atoms with Crippen molar-refractivity contribution in [3.63, 3.8) is 0 Å². The van der Waals surface area contributed by atoms with Crippen LogP contribution in [0.15, 0.2) is 71.3 Å². The predicted molar refractivity (Wildman–Crippen MR) is 112 cm³/mol. The zero-order valence-corrected chi connectivity index (χ0v) is 16.3. The molecular weight excluding hydrogens is 385 g/mol. The first-order valence-electron chi connectivity index (χ1n) is 9.84. The largest absolute Gasteiger partial charge is 0.459 e. The third-order valence-electron chi connectivity index (χ3n) is 5.35. The second-order valence-corrected chi connectivity index (χ2v) is 7.38. The molecule has 1 aliphatic carbocycles. The van der Waals surface area contributed by atoms with Crippen LogP contribution in [0.5, 0.6) is 0 Å². The summed E-state index contributed by atoms with van der Waals surface area (Å²) in [5.41, 5.74) is 1.60. The number of carbonyl (C=O) groups excluding carboxylic acids is 2. The van der Waals surface area contributed by atoms with Gasteiger partial charge in [-0.25, -0.2) is 9.18 Å². The lowest BCUT2D eigenvalue weighted by Crippen LogP contribution is -2.45. The third kappa shape index (κ3) is 4.35. The Morgan fingerprint density at radius 2 is 1.50 bits per heavy atom. The molecule has 1 fully saturated rings. The molecule has 0 radical (unpaired) electrons. The highest BCUT2D eigenvalue weighted by Crippen LogP contribution is 2.38. The Morgan fingerprint density at radius 1 is 0.867 bits per heavy atom. The average Bonchev–Trinajstić information content (AvgIpc) is 3.43. The number of halogens is 1. The summed E-state index contributed by atoms with van der Waals surface area (Å²) in [5, 5.41) is 8.64. The van der Waals surface area contributed by atoms with Gasteiger partial charge in [-0.05, 0) is 66.9 Å². The standard InChI is InChI=1S/C23H22FN3O3/c24-17-7-5-16(6-8-17)23(13-1-2-14-23)27-22(29)26-19-11-9-18(10-12-19)25-21(28)20-4-3-15-30-20/h3-12,15H,1-2,13-14H2,(H,25,28)(H2,26,27,29). The van der Waals surface area contributed by atoms with Crippen LogP contribution in [0, 0.1) is 5.82 Å². The van der Waals surface area contributed by atoms with E-state index in [1.165, 1.54) is 18.4 Å². The van der Waals surface area contributed by atoms with Gasteiger partial charge in [-0.15, -0.1) is 0 Å². The van der Waals surface area contributed by atoms with Crippen molar-refractivity contribution in [1.29, 1.82) is 0 Å². The second kappa shape index (κ2) is 8.41. The van der Waals surface area contributed by atoms with Gasteiger partial charge in [-0.2, -0.15) is 0 Å². The molecule has 4 rings (SSSR count). The molecule has 30 heavy (non-hydrogen) atoms. The van der Waals surface area contributed by atoms with Gasteiger partial charge >= 0.3 is 6.03 Å². The summed E-state index contributed by atoms with van der Waals surface area (Å²) in [6, 6.07) is 16.0. The number of urea groups is 1. The van der Waals surface area contributed by atoms with E-state index in [1.54, 1.807) is 48.5 Å². The first-order chi connectivity index (χ1) is 14.5. The summed E-state index contributed by atoms with van der Waals surface area (Å²) in [6.45, 7) is 0. The number of nitrogens with one attached hydrogen (secondary N) is 3. The smallest absolute Gasteiger partial charge is 0.319 e. The van der Waals surface area contributed by atoms with Crippen LogP contribution in [0.1, 0.15) is 41.8 Å². The molecule has 1 aliphatic rings. The van der Waals surface area contributed by atoms with Gasteiger partial charge in [0.1, 0.15) is 5.82 Å². The molecule has 3 aromatic rings. The van der Waals surface area contributed by atoms with Crippen LogP contribution in [-0.4, -0.2) is 11.9 Å². The summed E-state index contributed by atoms with van der Waals surface area (Å²) in [6.07, 6.45) is 5.06. The van der Waals surface area contributed by atoms with Crippen LogP contribution in [-0.2, 0) is 5.54 Å². The van der Waals surface area contributed by atoms with E-state index >= 15 is 0 Å². The predicted octanol–water partition coefficient (Wildman–Crippen LogP) is 5.26. The SMILES string of the molecule is O=C(Nc1ccc(NC(=O)c2ccco2)cc1)NC1(c2ccc(F)cc2)CCCC1. The Labute approximate surface area is 173 Å². The first kappa shape index (κ1) is 19.7. The Hall–Kier alpha value is -3.61. The molecule has 7 heteroatoms. The normalized spacial score (nSPS) is 14.8. The molecule has 6 nitrogen and oxygen atoms in total. The van der Waals surface area contributed by atoms with Crippen LogP contribution in [0.25, 0.3) is 0 Å². The van der Waals surface area contributed by atoms with Crippen molar-refractivity contribution in [3.8, 4) is 0 Å². The van der Waals surface area contributed by atoms with Crippen molar-refractivity contribution in [1.82, 2.24) is 5.32 Å². The van der Waals surface area contributed by atoms with Crippen molar-refractivity contribution >= 4 is 23.3 Å². The van der Waals surface area contributed by atoms with Gasteiger partial charge in [0.05, 0.1) is 11.8 Å². The molecule has 0 atom stereocenters. The molecule has 3 amide bonds. The number of amides is 3. The molecular formula is C23H22FN3O3. The Kier molecular flexibility index (Phi) is 5.52. The third-order valence-corrected chi connectivity index (χ3v) is 5.35. The Balaban J connectivity index is 1.39. The van der Waals surface area contributed by atoms with Gasteiger partial charge in [0.2, 0.25) is 0 Å². The topological polar surface area (TPSA) is 83.4 Å². The molecule has 0 saturated heterocycles. The van der Waals surface area contributed by atoms with Gasteiger partial charge in [-0.1, -0.05) is 25.0 Å². The minimum atomic E-state index is -0.491. The van der Waals surface area contributed by atoms with E-state index in [9.17, 15) is 14.0 Å². The highest BCUT2D eigenvalue weighted by Gasteiger charge is 2.37. The molecule has 2 aromatic carbocycles. The number of carbonyl (C=O) groups is 2.